The van der Waals surface area contributed by atoms with Gasteiger partial charge in [0.25, 0.3) is 0 Å². The first kappa shape index (κ1) is 23.2. The highest BCUT2D eigenvalue weighted by molar-refractivity contribution is 9.10. The number of halogens is 2. The maximum atomic E-state index is 11.9. The summed E-state index contributed by atoms with van der Waals surface area (Å²) in [6.07, 6.45) is 4.77. The molecule has 2 aromatic heterocycles. The number of hydrogen-bond donors (Lipinski definition) is 2. The van der Waals surface area contributed by atoms with Crippen molar-refractivity contribution in [1.29, 1.82) is 0 Å². The maximum Gasteiger partial charge on any atom is 0.175 e. The zero-order chi connectivity index (χ0) is 23.8. The molecule has 0 amide bonds. The highest BCUT2D eigenvalue weighted by Crippen LogP contribution is 2.66. The Morgan fingerprint density at radius 1 is 1.06 bits per heavy atom. The Kier molecular flexibility index (Phi) is 6.34. The second-order valence-corrected chi connectivity index (χ2v) is 10.2. The molecular weight excluding hydrogens is 532 g/mol. The Morgan fingerprint density at radius 3 is 2.44 bits per heavy atom. The van der Waals surface area contributed by atoms with Crippen LogP contribution in [0.25, 0.3) is 0 Å². The number of fused-ring (bicyclic) bond motifs is 3. The van der Waals surface area contributed by atoms with Gasteiger partial charge < -0.3 is 14.8 Å². The van der Waals surface area contributed by atoms with Crippen molar-refractivity contribution in [2.45, 2.75) is 30.0 Å². The third-order valence-electron chi connectivity index (χ3n) is 6.54. The average Bonchev–Trinajstić information content (AvgIpc) is 3.27. The standard InChI is InChI=1S/C22H17BrClNO2.C5H5NS/c23-16-8-6-15(7-9-16)22-18(14-4-2-1-3-5-14)10-11-21(22,26)20-19(27-22)12-17(24)13-25-20;7-5-3-1-2-4-6-5/h1-9,12-13,18,26H,10-11H2;1-4H,(H,6,7). The Morgan fingerprint density at radius 2 is 1.79 bits per heavy atom. The first-order chi connectivity index (χ1) is 16.4. The SMILES string of the molecule is OC12CCC(c3ccccc3)C1(c1ccc(Br)cc1)Oc1cc(Cl)cnc12.S=c1cccc[nH]1. The summed E-state index contributed by atoms with van der Waals surface area (Å²) in [5.41, 5.74) is 0.522. The topological polar surface area (TPSA) is 58.1 Å². The lowest BCUT2D eigenvalue weighted by molar-refractivity contribution is -0.107. The molecule has 2 aromatic carbocycles. The van der Waals surface area contributed by atoms with E-state index in [1.807, 2.05) is 66.9 Å². The minimum absolute atomic E-state index is 0.00199. The van der Waals surface area contributed by atoms with Crippen LogP contribution in [0.5, 0.6) is 5.75 Å². The van der Waals surface area contributed by atoms with E-state index in [1.165, 1.54) is 0 Å². The van der Waals surface area contributed by atoms with E-state index in [9.17, 15) is 5.11 Å². The van der Waals surface area contributed by atoms with E-state index in [-0.39, 0.29) is 5.92 Å². The fourth-order valence-corrected chi connectivity index (χ4v) is 5.68. The molecule has 7 heteroatoms. The zero-order valence-electron chi connectivity index (χ0n) is 18.1. The smallest absolute Gasteiger partial charge is 0.175 e. The molecule has 3 heterocycles. The zero-order valence-corrected chi connectivity index (χ0v) is 21.3. The molecule has 6 rings (SSSR count). The normalized spacial score (nSPS) is 24.4. The molecule has 172 valence electrons. The highest BCUT2D eigenvalue weighted by atomic mass is 79.9. The Labute approximate surface area is 216 Å². The van der Waals surface area contributed by atoms with Gasteiger partial charge in [-0.3, -0.25) is 4.98 Å². The summed E-state index contributed by atoms with van der Waals surface area (Å²) in [6, 6.07) is 25.7. The summed E-state index contributed by atoms with van der Waals surface area (Å²) in [7, 11) is 0. The van der Waals surface area contributed by atoms with E-state index >= 15 is 0 Å². The largest absolute Gasteiger partial charge is 0.476 e. The Balaban J connectivity index is 0.000000297. The number of pyridine rings is 2. The van der Waals surface area contributed by atoms with Crippen molar-refractivity contribution in [3.8, 4) is 5.75 Å². The number of aliphatic hydroxyl groups is 1. The van der Waals surface area contributed by atoms with Crippen LogP contribution in [0.2, 0.25) is 5.02 Å². The van der Waals surface area contributed by atoms with Crippen molar-refractivity contribution >= 4 is 39.7 Å². The third-order valence-corrected chi connectivity index (χ3v) is 7.53. The van der Waals surface area contributed by atoms with E-state index in [4.69, 9.17) is 28.6 Å². The number of aromatic nitrogens is 2. The molecule has 1 aliphatic carbocycles. The molecular formula is C27H22BrClN2O2S. The van der Waals surface area contributed by atoms with Gasteiger partial charge in [-0.1, -0.05) is 88.3 Å². The van der Waals surface area contributed by atoms with Crippen LogP contribution in [-0.2, 0) is 11.2 Å². The lowest BCUT2D eigenvalue weighted by Gasteiger charge is -2.39. The number of nitrogens with one attached hydrogen (secondary N) is 1. The molecule has 1 fully saturated rings. The van der Waals surface area contributed by atoms with Crippen molar-refractivity contribution in [2.24, 2.45) is 0 Å². The van der Waals surface area contributed by atoms with Crippen LogP contribution in [-0.4, -0.2) is 15.1 Å². The van der Waals surface area contributed by atoms with Crippen molar-refractivity contribution in [2.75, 3.05) is 0 Å². The van der Waals surface area contributed by atoms with Gasteiger partial charge in [0.15, 0.2) is 11.2 Å². The molecule has 0 spiro atoms. The molecule has 1 saturated carbocycles. The molecule has 1 aliphatic heterocycles. The number of H-pyrrole nitrogens is 1. The van der Waals surface area contributed by atoms with Crippen LogP contribution in [0, 0.1) is 4.64 Å². The van der Waals surface area contributed by atoms with Crippen molar-refractivity contribution in [3.05, 3.63) is 122 Å². The van der Waals surface area contributed by atoms with E-state index < -0.39 is 11.2 Å². The number of benzene rings is 2. The van der Waals surface area contributed by atoms with Crippen molar-refractivity contribution in [3.63, 3.8) is 0 Å². The van der Waals surface area contributed by atoms with Crippen LogP contribution in [0.4, 0.5) is 0 Å². The lowest BCUT2D eigenvalue weighted by atomic mass is 9.73. The molecule has 0 saturated heterocycles. The molecule has 0 bridgehead atoms. The van der Waals surface area contributed by atoms with Crippen LogP contribution < -0.4 is 4.74 Å². The summed E-state index contributed by atoms with van der Waals surface area (Å²) in [6.45, 7) is 0. The molecule has 2 aliphatic rings. The van der Waals surface area contributed by atoms with E-state index in [0.717, 1.165) is 26.7 Å². The van der Waals surface area contributed by atoms with Crippen molar-refractivity contribution in [1.82, 2.24) is 9.97 Å². The molecule has 3 atom stereocenters. The summed E-state index contributed by atoms with van der Waals surface area (Å²) >= 11 is 14.4. The Bertz CT molecular complexity index is 1350. The number of ether oxygens (including phenoxy) is 1. The Hall–Kier alpha value is -2.51. The van der Waals surface area contributed by atoms with Gasteiger partial charge in [0, 0.05) is 28.9 Å². The summed E-state index contributed by atoms with van der Waals surface area (Å²) in [4.78, 5) is 7.32. The van der Waals surface area contributed by atoms with Gasteiger partial charge in [0.2, 0.25) is 0 Å². The van der Waals surface area contributed by atoms with Crippen molar-refractivity contribution < 1.29 is 9.84 Å². The predicted octanol–water partition coefficient (Wildman–Crippen LogP) is 7.29. The lowest BCUT2D eigenvalue weighted by Crippen LogP contribution is -2.48. The van der Waals surface area contributed by atoms with Gasteiger partial charge >= 0.3 is 0 Å². The molecule has 4 aromatic rings. The fourth-order valence-electron chi connectivity index (χ4n) is 5.12. The highest BCUT2D eigenvalue weighted by Gasteiger charge is 2.69. The summed E-state index contributed by atoms with van der Waals surface area (Å²) in [5.74, 6) is 0.561. The molecule has 2 N–H and O–H groups in total. The minimum atomic E-state index is -1.21. The van der Waals surface area contributed by atoms with Crippen LogP contribution in [0.1, 0.15) is 35.6 Å². The van der Waals surface area contributed by atoms with Gasteiger partial charge in [0.1, 0.15) is 16.1 Å². The first-order valence-electron chi connectivity index (χ1n) is 11.0. The van der Waals surface area contributed by atoms with Gasteiger partial charge in [-0.05, 0) is 48.2 Å². The number of hydrogen-bond acceptors (Lipinski definition) is 4. The monoisotopic (exact) mass is 552 g/mol. The van der Waals surface area contributed by atoms with E-state index in [0.29, 0.717) is 22.9 Å². The van der Waals surface area contributed by atoms with Gasteiger partial charge in [-0.15, -0.1) is 0 Å². The predicted molar refractivity (Wildman–Crippen MR) is 140 cm³/mol. The second-order valence-electron chi connectivity index (χ2n) is 8.43. The molecule has 34 heavy (non-hydrogen) atoms. The minimum Gasteiger partial charge on any atom is -0.476 e. The number of nitrogens with zero attached hydrogens (tertiary/aromatic N) is 1. The first-order valence-corrected chi connectivity index (χ1v) is 12.5. The molecule has 0 radical (unpaired) electrons. The maximum absolute atomic E-state index is 11.9. The quantitative estimate of drug-likeness (QED) is 0.256. The van der Waals surface area contributed by atoms with Crippen LogP contribution in [0.15, 0.2) is 95.7 Å². The fraction of sp³-hybridized carbons (Fsp3) is 0.185. The van der Waals surface area contributed by atoms with Crippen LogP contribution >= 0.6 is 39.7 Å². The van der Waals surface area contributed by atoms with Gasteiger partial charge in [0.05, 0.1) is 5.02 Å². The average molecular weight is 554 g/mol. The van der Waals surface area contributed by atoms with Gasteiger partial charge in [-0.2, -0.15) is 0 Å². The van der Waals surface area contributed by atoms with E-state index in [2.05, 4.69) is 38.0 Å². The molecule has 4 nitrogen and oxygen atoms in total. The summed E-state index contributed by atoms with van der Waals surface area (Å²) in [5, 5.41) is 12.4. The number of aromatic amines is 1. The third kappa shape index (κ3) is 3.89. The number of rotatable bonds is 2. The summed E-state index contributed by atoms with van der Waals surface area (Å²) < 4.78 is 8.35. The van der Waals surface area contributed by atoms with Crippen LogP contribution in [0.3, 0.4) is 0 Å². The molecule has 3 unspecified atom stereocenters. The van der Waals surface area contributed by atoms with Gasteiger partial charge in [-0.25, -0.2) is 0 Å². The second kappa shape index (κ2) is 9.27. The van der Waals surface area contributed by atoms with E-state index in [1.54, 1.807) is 12.3 Å².